The van der Waals surface area contributed by atoms with E-state index in [1.807, 2.05) is 24.3 Å². The number of benzene rings is 1. The van der Waals surface area contributed by atoms with E-state index in [1.165, 1.54) is 16.2 Å². The first-order valence-corrected chi connectivity index (χ1v) is 12.6. The largest absolute Gasteiger partial charge is 0.481 e. The Hall–Kier alpha value is -2.10. The van der Waals surface area contributed by atoms with Crippen molar-refractivity contribution < 1.29 is 19.5 Å². The summed E-state index contributed by atoms with van der Waals surface area (Å²) in [6.45, 7) is -0.0663. The molecule has 7 atom stereocenters. The monoisotopic (exact) mass is 490 g/mol. The van der Waals surface area contributed by atoms with Gasteiger partial charge in [-0.15, -0.1) is 11.8 Å². The van der Waals surface area contributed by atoms with Crippen LogP contribution in [0.5, 0.6) is 0 Å². The molecular weight excluding hydrogens is 472 g/mol. The highest BCUT2D eigenvalue weighted by Crippen LogP contribution is 2.68. The van der Waals surface area contributed by atoms with Gasteiger partial charge in [-0.2, -0.15) is 0 Å². The molecule has 2 bridgehead atoms. The zero-order valence-electron chi connectivity index (χ0n) is 16.7. The maximum Gasteiger partial charge on any atom is 0.305 e. The van der Waals surface area contributed by atoms with Crippen LogP contribution in [0.15, 0.2) is 34.1 Å². The Morgan fingerprint density at radius 3 is 2.50 bits per heavy atom. The molecule has 2 N–H and O–H groups in total. The number of aromatic nitrogens is 1. The second kappa shape index (κ2) is 7.20. The van der Waals surface area contributed by atoms with Crippen molar-refractivity contribution in [1.82, 2.24) is 9.88 Å². The minimum atomic E-state index is -1.02. The molecule has 7 nitrogen and oxygen atoms in total. The summed E-state index contributed by atoms with van der Waals surface area (Å²) in [5.41, 5.74) is 1.06. The lowest BCUT2D eigenvalue weighted by Gasteiger charge is -2.43. The van der Waals surface area contributed by atoms with Gasteiger partial charge in [0.2, 0.25) is 11.8 Å². The van der Waals surface area contributed by atoms with Gasteiger partial charge < -0.3 is 10.1 Å². The third kappa shape index (κ3) is 2.80. The number of thioether (sulfide) groups is 1. The molecule has 1 saturated heterocycles. The number of halogens is 1. The fourth-order valence-corrected chi connectivity index (χ4v) is 9.56. The van der Waals surface area contributed by atoms with E-state index in [2.05, 4.69) is 4.98 Å². The number of carbonyl (C=O) groups excluding carboxylic acids is 2. The number of aromatic amines is 1. The lowest BCUT2D eigenvalue weighted by Crippen LogP contribution is -2.42. The van der Waals surface area contributed by atoms with E-state index in [9.17, 15) is 19.2 Å². The molecule has 0 unspecified atom stereocenters. The number of carboxylic acids is 1. The van der Waals surface area contributed by atoms with Crippen molar-refractivity contribution >= 4 is 52.5 Å². The van der Waals surface area contributed by atoms with E-state index in [0.29, 0.717) is 5.02 Å². The summed E-state index contributed by atoms with van der Waals surface area (Å²) in [6.07, 6.45) is 0.574. The van der Waals surface area contributed by atoms with Gasteiger partial charge in [0.05, 0.1) is 23.3 Å². The average molecular weight is 491 g/mol. The number of carbonyl (C=O) groups is 3. The van der Waals surface area contributed by atoms with Gasteiger partial charge in [0.15, 0.2) is 0 Å². The SMILES string of the molecule is O=C(O)CCN1C(=O)[C@@H]2[C@H]3C[C@@H]([C@H]4Sc5[nH]c(=O)sc5[C@H](c5ccc(Cl)cc5)[C@@H]34)[C@H]2C1=O. The molecule has 1 aromatic heterocycles. The number of thiazole rings is 1. The Labute approximate surface area is 196 Å². The highest BCUT2D eigenvalue weighted by molar-refractivity contribution is 8.00. The van der Waals surface area contributed by atoms with Crippen LogP contribution in [0.1, 0.15) is 29.2 Å². The number of carboxylic acid groups (broad SMARTS) is 1. The summed E-state index contributed by atoms with van der Waals surface area (Å²) in [4.78, 5) is 54.7. The molecular formula is C22H19ClN2O5S2. The molecule has 3 fully saturated rings. The molecule has 4 aliphatic rings. The van der Waals surface area contributed by atoms with E-state index in [4.69, 9.17) is 16.7 Å². The molecule has 166 valence electrons. The zero-order valence-corrected chi connectivity index (χ0v) is 19.1. The predicted octanol–water partition coefficient (Wildman–Crippen LogP) is 3.04. The standard InChI is InChI=1S/C22H19ClN2O5S2/c23-9-3-1-8(2-4-9)13-14-10-7-11(17(14)31-19-18(13)32-22(30)24-19)16-15(10)20(28)25(21(16)29)6-5-12(26)27/h1-4,10-11,13-17H,5-7H2,(H,24,30)(H,26,27)/t10-,11+,13+,14+,15+,16+,17+/m0/s1. The fraction of sp³-hybridized carbons (Fsp3) is 0.455. The fourth-order valence-electron chi connectivity index (χ4n) is 6.55. The van der Waals surface area contributed by atoms with E-state index in [1.54, 1.807) is 11.8 Å². The third-order valence-electron chi connectivity index (χ3n) is 7.59. The number of amides is 2. The van der Waals surface area contributed by atoms with Gasteiger partial charge in [0.1, 0.15) is 0 Å². The van der Waals surface area contributed by atoms with Crippen LogP contribution in [-0.4, -0.2) is 44.6 Å². The number of fused-ring (bicyclic) bond motifs is 9. The second-order valence-corrected chi connectivity index (χ2v) is 11.6. The van der Waals surface area contributed by atoms with Gasteiger partial charge in [-0.3, -0.25) is 24.1 Å². The summed E-state index contributed by atoms with van der Waals surface area (Å²) in [6, 6.07) is 7.66. The Balaban J connectivity index is 1.41. The lowest BCUT2D eigenvalue weighted by molar-refractivity contribution is -0.142. The van der Waals surface area contributed by atoms with Crippen LogP contribution < -0.4 is 4.87 Å². The summed E-state index contributed by atoms with van der Waals surface area (Å²) in [5, 5.41) is 10.6. The molecule has 32 heavy (non-hydrogen) atoms. The number of rotatable bonds is 4. The van der Waals surface area contributed by atoms with Gasteiger partial charge >= 0.3 is 10.8 Å². The van der Waals surface area contributed by atoms with Gasteiger partial charge in [0.25, 0.3) is 0 Å². The molecule has 6 rings (SSSR count). The van der Waals surface area contributed by atoms with Crippen molar-refractivity contribution in [3.05, 3.63) is 49.4 Å². The minimum Gasteiger partial charge on any atom is -0.481 e. The summed E-state index contributed by atoms with van der Waals surface area (Å²) in [7, 11) is 0. The van der Waals surface area contributed by atoms with Crippen LogP contribution in [0, 0.1) is 29.6 Å². The number of imide groups is 1. The lowest BCUT2D eigenvalue weighted by atomic mass is 9.68. The number of H-pyrrole nitrogens is 1. The molecule has 2 aliphatic heterocycles. The highest BCUT2D eigenvalue weighted by Gasteiger charge is 2.69. The molecule has 0 spiro atoms. The van der Waals surface area contributed by atoms with Crippen molar-refractivity contribution in [2.45, 2.75) is 29.0 Å². The first kappa shape index (κ1) is 20.5. The predicted molar refractivity (Wildman–Crippen MR) is 119 cm³/mol. The number of hydrogen-bond acceptors (Lipinski definition) is 6. The Morgan fingerprint density at radius 1 is 1.12 bits per heavy atom. The minimum absolute atomic E-state index is 0.0276. The second-order valence-electron chi connectivity index (χ2n) is 8.98. The maximum atomic E-state index is 13.2. The molecule has 2 aliphatic carbocycles. The third-order valence-corrected chi connectivity index (χ3v) is 10.4. The van der Waals surface area contributed by atoms with Gasteiger partial charge in [-0.1, -0.05) is 35.1 Å². The van der Waals surface area contributed by atoms with Crippen LogP contribution in [0.3, 0.4) is 0 Å². The first-order chi connectivity index (χ1) is 15.3. The van der Waals surface area contributed by atoms with Crippen molar-refractivity contribution in [3.63, 3.8) is 0 Å². The highest BCUT2D eigenvalue weighted by atomic mass is 35.5. The Bertz CT molecular complexity index is 1210. The topological polar surface area (TPSA) is 108 Å². The quantitative estimate of drug-likeness (QED) is 0.638. The summed E-state index contributed by atoms with van der Waals surface area (Å²) >= 11 is 8.98. The van der Waals surface area contributed by atoms with E-state index in [-0.39, 0.29) is 64.5 Å². The number of nitrogens with zero attached hydrogens (tertiary/aromatic N) is 1. The summed E-state index contributed by atoms with van der Waals surface area (Å²) < 4.78 is 0. The van der Waals surface area contributed by atoms with Gasteiger partial charge in [-0.05, 0) is 41.9 Å². The van der Waals surface area contributed by atoms with Crippen molar-refractivity contribution in [2.24, 2.45) is 29.6 Å². The summed E-state index contributed by atoms with van der Waals surface area (Å²) in [5.74, 6) is -2.08. The first-order valence-electron chi connectivity index (χ1n) is 10.6. The van der Waals surface area contributed by atoms with Crippen LogP contribution in [0.2, 0.25) is 5.02 Å². The van der Waals surface area contributed by atoms with Gasteiger partial charge in [-0.25, -0.2) is 0 Å². The number of nitrogens with one attached hydrogen (secondary N) is 1. The molecule has 3 heterocycles. The molecule has 10 heteroatoms. The average Bonchev–Trinajstić information content (AvgIpc) is 3.47. The normalized spacial score (nSPS) is 34.5. The number of likely N-dealkylation sites (tertiary alicyclic amines) is 1. The van der Waals surface area contributed by atoms with Gasteiger partial charge in [0, 0.05) is 27.6 Å². The zero-order chi connectivity index (χ0) is 22.3. The van der Waals surface area contributed by atoms with Crippen molar-refractivity contribution in [1.29, 1.82) is 0 Å². The van der Waals surface area contributed by atoms with Crippen molar-refractivity contribution in [3.8, 4) is 0 Å². The van der Waals surface area contributed by atoms with E-state index < -0.39 is 11.9 Å². The Kier molecular flexibility index (Phi) is 4.61. The number of hydrogen-bond donors (Lipinski definition) is 2. The Morgan fingerprint density at radius 2 is 1.81 bits per heavy atom. The van der Waals surface area contributed by atoms with Crippen LogP contribution >= 0.6 is 34.7 Å². The molecule has 1 aromatic carbocycles. The molecule has 0 radical (unpaired) electrons. The smallest absolute Gasteiger partial charge is 0.305 e. The molecule has 2 saturated carbocycles. The van der Waals surface area contributed by atoms with Crippen LogP contribution in [-0.2, 0) is 14.4 Å². The van der Waals surface area contributed by atoms with Crippen molar-refractivity contribution in [2.75, 3.05) is 6.54 Å². The maximum absolute atomic E-state index is 13.2. The molecule has 2 amide bonds. The molecule has 2 aromatic rings. The van der Waals surface area contributed by atoms with E-state index >= 15 is 0 Å². The van der Waals surface area contributed by atoms with E-state index in [0.717, 1.165) is 21.9 Å². The number of aliphatic carboxylic acids is 1. The van der Waals surface area contributed by atoms with Crippen LogP contribution in [0.25, 0.3) is 0 Å². The van der Waals surface area contributed by atoms with Crippen LogP contribution in [0.4, 0.5) is 0 Å².